The van der Waals surface area contributed by atoms with E-state index in [0.29, 0.717) is 6.54 Å². The van der Waals surface area contributed by atoms with Crippen molar-refractivity contribution in [2.75, 3.05) is 19.4 Å². The number of rotatable bonds is 9. The van der Waals surface area contributed by atoms with E-state index in [1.165, 1.54) is 0 Å². The second-order valence-corrected chi connectivity index (χ2v) is 5.60. The van der Waals surface area contributed by atoms with Crippen LogP contribution in [0.15, 0.2) is 0 Å². The van der Waals surface area contributed by atoms with Gasteiger partial charge in [0.2, 0.25) is 0 Å². The molecule has 0 radical (unpaired) electrons. The number of urea groups is 1. The molecule has 0 aromatic carbocycles. The van der Waals surface area contributed by atoms with Crippen molar-refractivity contribution in [2.24, 2.45) is 0 Å². The Morgan fingerprint density at radius 1 is 1.32 bits per heavy atom. The van der Waals surface area contributed by atoms with Crippen molar-refractivity contribution in [3.8, 4) is 0 Å². The van der Waals surface area contributed by atoms with Gasteiger partial charge in [0, 0.05) is 24.3 Å². The molecule has 112 valence electrons. The average molecular weight is 292 g/mol. The summed E-state index contributed by atoms with van der Waals surface area (Å²) >= 11 is 1.70. The molecule has 0 saturated heterocycles. The van der Waals surface area contributed by atoms with Crippen LogP contribution < -0.4 is 10.6 Å². The summed E-state index contributed by atoms with van der Waals surface area (Å²) in [6, 6.07) is -1.57. The lowest BCUT2D eigenvalue weighted by atomic mass is 10.0. The number of amides is 2. The third-order valence-corrected chi connectivity index (χ3v) is 4.90. The number of carbonyl (C=O) groups excluding carboxylic acids is 1. The zero-order chi connectivity index (χ0) is 14.9. The van der Waals surface area contributed by atoms with Crippen LogP contribution in [0.2, 0.25) is 0 Å². The number of aliphatic carboxylic acids is 1. The maximum absolute atomic E-state index is 11.7. The van der Waals surface area contributed by atoms with Crippen molar-refractivity contribution in [2.45, 2.75) is 43.9 Å². The van der Waals surface area contributed by atoms with Gasteiger partial charge in [0.1, 0.15) is 6.04 Å². The molecule has 0 unspecified atom stereocenters. The molecule has 4 N–H and O–H groups in total. The molecule has 0 aromatic rings. The molecule has 0 aliphatic carbocycles. The van der Waals surface area contributed by atoms with Gasteiger partial charge in [-0.1, -0.05) is 13.8 Å². The van der Waals surface area contributed by atoms with Crippen LogP contribution in [0.4, 0.5) is 4.79 Å². The van der Waals surface area contributed by atoms with E-state index in [1.807, 2.05) is 6.26 Å². The molecule has 0 bridgehead atoms. The summed E-state index contributed by atoms with van der Waals surface area (Å²) in [5, 5.41) is 22.6. The van der Waals surface area contributed by atoms with Gasteiger partial charge >= 0.3 is 12.0 Å². The Labute approximate surface area is 118 Å². The topological polar surface area (TPSA) is 98.7 Å². The van der Waals surface area contributed by atoms with E-state index in [-0.39, 0.29) is 17.8 Å². The number of carbonyl (C=O) groups is 2. The van der Waals surface area contributed by atoms with Crippen molar-refractivity contribution in [1.29, 1.82) is 0 Å². The Morgan fingerprint density at radius 2 is 1.89 bits per heavy atom. The minimum atomic E-state index is -1.15. The lowest BCUT2D eigenvalue weighted by molar-refractivity contribution is -0.139. The molecular formula is C12H24N2O4S. The minimum Gasteiger partial charge on any atom is -0.480 e. The zero-order valence-electron chi connectivity index (χ0n) is 11.7. The number of carboxylic acid groups (broad SMARTS) is 1. The Kier molecular flexibility index (Phi) is 8.58. The van der Waals surface area contributed by atoms with Crippen LogP contribution in [-0.2, 0) is 4.79 Å². The largest absolute Gasteiger partial charge is 0.480 e. The standard InChI is InChI=1S/C12H24N2O4S/c1-4-12(5-2,19-3)8-13-11(18)14-9(6-7-15)10(16)17/h9,15H,4-8H2,1-3H3,(H,16,17)(H2,13,14,18)/t9-/m0/s1. The molecule has 6 nitrogen and oxygen atoms in total. The van der Waals surface area contributed by atoms with Crippen molar-refractivity contribution in [3.05, 3.63) is 0 Å². The Morgan fingerprint density at radius 3 is 2.26 bits per heavy atom. The smallest absolute Gasteiger partial charge is 0.326 e. The molecule has 1 atom stereocenters. The molecule has 0 aromatic heterocycles. The second-order valence-electron chi connectivity index (χ2n) is 4.32. The lowest BCUT2D eigenvalue weighted by Crippen LogP contribution is -2.49. The molecule has 0 aliphatic heterocycles. The van der Waals surface area contributed by atoms with Gasteiger partial charge in [-0.25, -0.2) is 9.59 Å². The number of aliphatic hydroxyl groups excluding tert-OH is 1. The fourth-order valence-electron chi connectivity index (χ4n) is 1.70. The normalized spacial score (nSPS) is 12.8. The van der Waals surface area contributed by atoms with Gasteiger partial charge in [-0.05, 0) is 19.1 Å². The Balaban J connectivity index is 4.33. The summed E-state index contributed by atoms with van der Waals surface area (Å²) in [5.41, 5.74) is 0. The Bertz CT molecular complexity index is 287. The van der Waals surface area contributed by atoms with E-state index < -0.39 is 18.0 Å². The molecule has 19 heavy (non-hydrogen) atoms. The van der Waals surface area contributed by atoms with Crippen LogP contribution in [0.3, 0.4) is 0 Å². The summed E-state index contributed by atoms with van der Waals surface area (Å²) < 4.78 is -0.0208. The molecule has 0 fully saturated rings. The Hall–Kier alpha value is -0.950. The third kappa shape index (κ3) is 6.15. The molecule has 0 spiro atoms. The van der Waals surface area contributed by atoms with Gasteiger partial charge < -0.3 is 20.8 Å². The van der Waals surface area contributed by atoms with Crippen LogP contribution in [0.1, 0.15) is 33.1 Å². The van der Waals surface area contributed by atoms with E-state index >= 15 is 0 Å². The zero-order valence-corrected chi connectivity index (χ0v) is 12.5. The minimum absolute atomic E-state index is 0.00200. The highest BCUT2D eigenvalue weighted by Crippen LogP contribution is 2.29. The molecule has 0 saturated carbocycles. The third-order valence-electron chi connectivity index (χ3n) is 3.31. The van der Waals surface area contributed by atoms with Gasteiger partial charge in [-0.2, -0.15) is 11.8 Å². The average Bonchev–Trinajstić information content (AvgIpc) is 2.40. The first-order valence-corrected chi connectivity index (χ1v) is 7.60. The molecule has 0 heterocycles. The van der Waals surface area contributed by atoms with Gasteiger partial charge in [0.25, 0.3) is 0 Å². The highest BCUT2D eigenvalue weighted by atomic mass is 32.2. The predicted molar refractivity (Wildman–Crippen MR) is 76.5 cm³/mol. The number of carboxylic acids is 1. The van der Waals surface area contributed by atoms with E-state index in [2.05, 4.69) is 24.5 Å². The van der Waals surface area contributed by atoms with Crippen molar-refractivity contribution in [1.82, 2.24) is 10.6 Å². The summed E-state index contributed by atoms with van der Waals surface area (Å²) in [5.74, 6) is -1.15. The quantitative estimate of drug-likeness (QED) is 0.509. The van der Waals surface area contributed by atoms with Gasteiger partial charge in [-0.15, -0.1) is 0 Å². The van der Waals surface area contributed by atoms with E-state index in [4.69, 9.17) is 10.2 Å². The molecule has 2 amide bonds. The summed E-state index contributed by atoms with van der Waals surface area (Å²) in [6.45, 7) is 4.32. The van der Waals surface area contributed by atoms with Gasteiger partial charge in [0.15, 0.2) is 0 Å². The number of hydrogen-bond donors (Lipinski definition) is 4. The first-order chi connectivity index (χ1) is 8.94. The van der Waals surface area contributed by atoms with Crippen LogP contribution in [-0.4, -0.2) is 52.4 Å². The molecular weight excluding hydrogens is 268 g/mol. The van der Waals surface area contributed by atoms with Crippen LogP contribution in [0.5, 0.6) is 0 Å². The predicted octanol–water partition coefficient (Wildman–Crippen LogP) is 1.04. The highest BCUT2D eigenvalue weighted by molar-refractivity contribution is 8.00. The van der Waals surface area contributed by atoms with Crippen molar-refractivity contribution < 1.29 is 19.8 Å². The number of nitrogens with one attached hydrogen (secondary N) is 2. The SMILES string of the molecule is CCC(CC)(CNC(=O)N[C@@H](CCO)C(=O)O)SC. The maximum Gasteiger partial charge on any atom is 0.326 e. The first kappa shape index (κ1) is 18.0. The van der Waals surface area contributed by atoms with Crippen LogP contribution >= 0.6 is 11.8 Å². The van der Waals surface area contributed by atoms with E-state index in [1.54, 1.807) is 11.8 Å². The van der Waals surface area contributed by atoms with Crippen molar-refractivity contribution >= 4 is 23.8 Å². The summed E-state index contributed by atoms with van der Waals surface area (Å²) in [4.78, 5) is 22.5. The van der Waals surface area contributed by atoms with Gasteiger partial charge in [0.05, 0.1) is 0 Å². The number of hydrogen-bond acceptors (Lipinski definition) is 4. The lowest BCUT2D eigenvalue weighted by Gasteiger charge is -2.30. The summed E-state index contributed by atoms with van der Waals surface area (Å²) in [7, 11) is 0. The molecule has 0 aliphatic rings. The maximum atomic E-state index is 11.7. The highest BCUT2D eigenvalue weighted by Gasteiger charge is 2.26. The fourth-order valence-corrected chi connectivity index (χ4v) is 2.49. The van der Waals surface area contributed by atoms with E-state index in [9.17, 15) is 9.59 Å². The molecule has 7 heteroatoms. The first-order valence-electron chi connectivity index (χ1n) is 6.37. The summed E-state index contributed by atoms with van der Waals surface area (Å²) in [6.07, 6.45) is 3.84. The monoisotopic (exact) mass is 292 g/mol. The number of aliphatic hydroxyl groups is 1. The van der Waals surface area contributed by atoms with Crippen LogP contribution in [0, 0.1) is 0 Å². The van der Waals surface area contributed by atoms with Crippen LogP contribution in [0.25, 0.3) is 0 Å². The fraction of sp³-hybridized carbons (Fsp3) is 0.833. The van der Waals surface area contributed by atoms with Crippen molar-refractivity contribution in [3.63, 3.8) is 0 Å². The number of thioether (sulfide) groups is 1. The second kappa shape index (κ2) is 9.03. The molecule has 0 rings (SSSR count). The van der Waals surface area contributed by atoms with E-state index in [0.717, 1.165) is 12.8 Å². The van der Waals surface area contributed by atoms with Gasteiger partial charge in [-0.3, -0.25) is 0 Å².